The molecule has 0 spiro atoms. The number of rotatable bonds is 5. The van der Waals surface area contributed by atoms with Gasteiger partial charge in [-0.15, -0.1) is 0 Å². The van der Waals surface area contributed by atoms with Gasteiger partial charge in [0.15, 0.2) is 0 Å². The van der Waals surface area contributed by atoms with Crippen molar-refractivity contribution < 1.29 is 18.7 Å². The Bertz CT molecular complexity index is 776. The van der Waals surface area contributed by atoms with Crippen LogP contribution in [0, 0.1) is 13.8 Å². The second-order valence-corrected chi connectivity index (χ2v) is 7.50. The van der Waals surface area contributed by atoms with Crippen LogP contribution < -0.4 is 10.1 Å². The van der Waals surface area contributed by atoms with Gasteiger partial charge in [-0.05, 0) is 60.3 Å². The largest absolute Gasteiger partial charge is 0.497 e. The summed E-state index contributed by atoms with van der Waals surface area (Å²) in [6.45, 7) is 5.58. The highest BCUT2D eigenvalue weighted by atomic mass is 79.9. The number of hydrogen-bond donors (Lipinski definition) is 1. The van der Waals surface area contributed by atoms with Crippen molar-refractivity contribution in [2.75, 3.05) is 26.9 Å². The molecule has 140 valence electrons. The highest BCUT2D eigenvalue weighted by molar-refractivity contribution is 9.10. The minimum absolute atomic E-state index is 0.120. The molecule has 0 atom stereocenters. The summed E-state index contributed by atoms with van der Waals surface area (Å²) < 4.78 is 17.1. The highest BCUT2D eigenvalue weighted by Crippen LogP contribution is 2.35. The van der Waals surface area contributed by atoms with Crippen LogP contribution in [0.5, 0.6) is 5.75 Å². The van der Waals surface area contributed by atoms with E-state index in [1.807, 2.05) is 19.1 Å². The SMILES string of the molecule is COc1ccc(C2(CNC(=O)c3c(C)oc(C)c3Br)CCOCC2)cc1. The zero-order chi connectivity index (χ0) is 18.7. The van der Waals surface area contributed by atoms with E-state index in [1.165, 1.54) is 5.56 Å². The summed E-state index contributed by atoms with van der Waals surface area (Å²) in [4.78, 5) is 12.8. The number of halogens is 1. The number of ether oxygens (including phenoxy) is 2. The maximum Gasteiger partial charge on any atom is 0.256 e. The van der Waals surface area contributed by atoms with Gasteiger partial charge in [-0.3, -0.25) is 4.79 Å². The summed E-state index contributed by atoms with van der Waals surface area (Å²) in [7, 11) is 1.66. The number of amides is 1. The third kappa shape index (κ3) is 3.67. The number of carbonyl (C=O) groups is 1. The summed E-state index contributed by atoms with van der Waals surface area (Å²) in [5.41, 5.74) is 1.62. The van der Waals surface area contributed by atoms with Crippen molar-refractivity contribution in [3.8, 4) is 5.75 Å². The second-order valence-electron chi connectivity index (χ2n) is 6.71. The maximum absolute atomic E-state index is 12.8. The van der Waals surface area contributed by atoms with Crippen LogP contribution in [0.4, 0.5) is 0 Å². The van der Waals surface area contributed by atoms with Gasteiger partial charge in [0, 0.05) is 25.2 Å². The first-order chi connectivity index (χ1) is 12.5. The van der Waals surface area contributed by atoms with E-state index < -0.39 is 0 Å². The first kappa shape index (κ1) is 19.0. The van der Waals surface area contributed by atoms with Gasteiger partial charge in [0.25, 0.3) is 5.91 Å². The molecule has 0 aliphatic carbocycles. The van der Waals surface area contributed by atoms with E-state index in [9.17, 15) is 4.79 Å². The molecule has 1 fully saturated rings. The van der Waals surface area contributed by atoms with Gasteiger partial charge in [-0.25, -0.2) is 0 Å². The Kier molecular flexibility index (Phi) is 5.73. The molecule has 1 N–H and O–H groups in total. The lowest BCUT2D eigenvalue weighted by molar-refractivity contribution is 0.0487. The summed E-state index contributed by atoms with van der Waals surface area (Å²) >= 11 is 3.45. The van der Waals surface area contributed by atoms with Gasteiger partial charge < -0.3 is 19.2 Å². The van der Waals surface area contributed by atoms with E-state index in [-0.39, 0.29) is 11.3 Å². The lowest BCUT2D eigenvalue weighted by atomic mass is 9.74. The smallest absolute Gasteiger partial charge is 0.256 e. The second kappa shape index (κ2) is 7.84. The van der Waals surface area contributed by atoms with Crippen LogP contribution >= 0.6 is 15.9 Å². The Morgan fingerprint density at radius 3 is 2.38 bits per heavy atom. The van der Waals surface area contributed by atoms with Crippen LogP contribution in [0.2, 0.25) is 0 Å². The van der Waals surface area contributed by atoms with Gasteiger partial charge >= 0.3 is 0 Å². The normalized spacial score (nSPS) is 16.3. The van der Waals surface area contributed by atoms with Gasteiger partial charge in [0.05, 0.1) is 17.1 Å². The van der Waals surface area contributed by atoms with Crippen LogP contribution in [0.1, 0.15) is 40.3 Å². The Labute approximate surface area is 162 Å². The zero-order valence-corrected chi connectivity index (χ0v) is 16.9. The van der Waals surface area contributed by atoms with Crippen molar-refractivity contribution in [1.82, 2.24) is 5.32 Å². The lowest BCUT2D eigenvalue weighted by Crippen LogP contribution is -2.44. The molecule has 1 aliphatic heterocycles. The van der Waals surface area contributed by atoms with Crippen molar-refractivity contribution in [2.45, 2.75) is 32.1 Å². The molecule has 1 aliphatic rings. The first-order valence-corrected chi connectivity index (χ1v) is 9.52. The van der Waals surface area contributed by atoms with E-state index in [2.05, 4.69) is 33.4 Å². The predicted molar refractivity (Wildman–Crippen MR) is 103 cm³/mol. The van der Waals surface area contributed by atoms with Gasteiger partial charge in [-0.1, -0.05) is 12.1 Å². The fraction of sp³-hybridized carbons (Fsp3) is 0.450. The van der Waals surface area contributed by atoms with Crippen LogP contribution in [0.15, 0.2) is 33.2 Å². The predicted octanol–water partition coefficient (Wildman–Crippen LogP) is 4.15. The minimum Gasteiger partial charge on any atom is -0.497 e. The molecule has 0 radical (unpaired) electrons. The van der Waals surface area contributed by atoms with Crippen molar-refractivity contribution >= 4 is 21.8 Å². The topological polar surface area (TPSA) is 60.7 Å². The van der Waals surface area contributed by atoms with Crippen molar-refractivity contribution in [3.05, 3.63) is 51.4 Å². The average molecular weight is 422 g/mol. The average Bonchev–Trinajstić information content (AvgIpc) is 2.92. The van der Waals surface area contributed by atoms with E-state index >= 15 is 0 Å². The van der Waals surface area contributed by atoms with Crippen LogP contribution in [0.3, 0.4) is 0 Å². The first-order valence-electron chi connectivity index (χ1n) is 8.73. The van der Waals surface area contributed by atoms with Crippen molar-refractivity contribution in [2.24, 2.45) is 0 Å². The fourth-order valence-corrected chi connectivity index (χ4v) is 4.07. The van der Waals surface area contributed by atoms with E-state index in [0.29, 0.717) is 36.8 Å². The molecular weight excluding hydrogens is 398 g/mol. The highest BCUT2D eigenvalue weighted by Gasteiger charge is 2.35. The number of furan rings is 1. The molecule has 1 amide bonds. The Morgan fingerprint density at radius 2 is 1.85 bits per heavy atom. The molecular formula is C20H24BrNO4. The standard InChI is InChI=1S/C20H24BrNO4/c1-13-17(18(21)14(2)26-13)19(23)22-12-20(8-10-25-11-9-20)15-4-6-16(24-3)7-5-15/h4-7H,8-12H2,1-3H3,(H,22,23). The van der Waals surface area contributed by atoms with Gasteiger partial charge in [0.1, 0.15) is 17.3 Å². The molecule has 1 aromatic heterocycles. The van der Waals surface area contributed by atoms with Crippen LogP contribution in [0.25, 0.3) is 0 Å². The molecule has 2 heterocycles. The lowest BCUT2D eigenvalue weighted by Gasteiger charge is -2.38. The molecule has 0 unspecified atom stereocenters. The van der Waals surface area contributed by atoms with E-state index in [1.54, 1.807) is 14.0 Å². The van der Waals surface area contributed by atoms with Crippen molar-refractivity contribution in [1.29, 1.82) is 0 Å². The van der Waals surface area contributed by atoms with E-state index in [4.69, 9.17) is 13.9 Å². The van der Waals surface area contributed by atoms with Crippen molar-refractivity contribution in [3.63, 3.8) is 0 Å². The van der Waals surface area contributed by atoms with Gasteiger partial charge in [-0.2, -0.15) is 0 Å². The molecule has 26 heavy (non-hydrogen) atoms. The summed E-state index contributed by atoms with van der Waals surface area (Å²) in [5, 5.41) is 3.12. The third-order valence-corrected chi connectivity index (χ3v) is 6.11. The van der Waals surface area contributed by atoms with Crippen LogP contribution in [-0.4, -0.2) is 32.8 Å². The Morgan fingerprint density at radius 1 is 1.19 bits per heavy atom. The number of carbonyl (C=O) groups excluding carboxylic acids is 1. The number of aryl methyl sites for hydroxylation is 2. The third-order valence-electron chi connectivity index (χ3n) is 5.15. The maximum atomic E-state index is 12.8. The quantitative estimate of drug-likeness (QED) is 0.787. The number of benzene rings is 1. The monoisotopic (exact) mass is 421 g/mol. The molecule has 0 bridgehead atoms. The summed E-state index contributed by atoms with van der Waals surface area (Å²) in [5.74, 6) is 2.04. The number of methoxy groups -OCH3 is 1. The van der Waals surface area contributed by atoms with E-state index in [0.717, 1.165) is 23.1 Å². The fourth-order valence-electron chi connectivity index (χ4n) is 3.53. The molecule has 2 aromatic rings. The number of hydrogen-bond acceptors (Lipinski definition) is 4. The minimum atomic E-state index is -0.140. The number of nitrogens with one attached hydrogen (secondary N) is 1. The Balaban J connectivity index is 1.81. The molecule has 1 saturated heterocycles. The summed E-state index contributed by atoms with van der Waals surface area (Å²) in [6.07, 6.45) is 1.73. The Hall–Kier alpha value is -1.79. The molecule has 1 aromatic carbocycles. The molecule has 3 rings (SSSR count). The zero-order valence-electron chi connectivity index (χ0n) is 15.4. The molecule has 0 saturated carbocycles. The van der Waals surface area contributed by atoms with Crippen LogP contribution in [-0.2, 0) is 10.2 Å². The molecule has 5 nitrogen and oxygen atoms in total. The summed E-state index contributed by atoms with van der Waals surface area (Å²) in [6, 6.07) is 8.10. The molecule has 6 heteroatoms. The van der Waals surface area contributed by atoms with Gasteiger partial charge in [0.2, 0.25) is 0 Å².